The van der Waals surface area contributed by atoms with Crippen molar-refractivity contribution in [2.24, 2.45) is 5.92 Å². The first-order chi connectivity index (χ1) is 13.6. The Bertz CT molecular complexity index is 710. The number of amides is 1. The van der Waals surface area contributed by atoms with Crippen molar-refractivity contribution in [3.05, 3.63) is 54.1 Å². The molecule has 0 aliphatic rings. The summed E-state index contributed by atoms with van der Waals surface area (Å²) in [4.78, 5) is 12.5. The minimum Gasteiger partial charge on any atom is -0.494 e. The van der Waals surface area contributed by atoms with E-state index in [2.05, 4.69) is 26.1 Å². The van der Waals surface area contributed by atoms with Crippen molar-refractivity contribution in [3.63, 3.8) is 0 Å². The monoisotopic (exact) mass is 383 g/mol. The number of ether oxygens (including phenoxy) is 2. The number of hydrogen-bond acceptors (Lipinski definition) is 3. The molecule has 0 saturated carbocycles. The van der Waals surface area contributed by atoms with Gasteiger partial charge in [0.2, 0.25) is 0 Å². The highest BCUT2D eigenvalue weighted by atomic mass is 16.5. The van der Waals surface area contributed by atoms with Crippen LogP contribution in [0, 0.1) is 5.92 Å². The summed E-state index contributed by atoms with van der Waals surface area (Å²) in [6, 6.07) is 14.8. The summed E-state index contributed by atoms with van der Waals surface area (Å²) in [5, 5.41) is 2.93. The fraction of sp³-hybridized carbons (Fsp3) is 0.458. The maximum absolute atomic E-state index is 12.5. The zero-order valence-corrected chi connectivity index (χ0v) is 17.4. The molecule has 0 saturated heterocycles. The van der Waals surface area contributed by atoms with Crippen LogP contribution in [0.3, 0.4) is 0 Å². The summed E-state index contributed by atoms with van der Waals surface area (Å²) in [5.74, 6) is 1.88. The lowest BCUT2D eigenvalue weighted by Gasteiger charge is -2.11. The fourth-order valence-electron chi connectivity index (χ4n) is 2.73. The molecule has 1 amide bonds. The molecule has 0 spiro atoms. The van der Waals surface area contributed by atoms with Crippen molar-refractivity contribution >= 4 is 11.6 Å². The third-order valence-corrected chi connectivity index (χ3v) is 4.31. The predicted molar refractivity (Wildman–Crippen MR) is 115 cm³/mol. The average molecular weight is 384 g/mol. The topological polar surface area (TPSA) is 47.6 Å². The number of carbonyl (C=O) groups is 1. The molecule has 1 N–H and O–H groups in total. The molecule has 2 aromatic carbocycles. The Morgan fingerprint density at radius 3 is 2.39 bits per heavy atom. The first kappa shape index (κ1) is 21.8. The van der Waals surface area contributed by atoms with Crippen molar-refractivity contribution in [1.29, 1.82) is 0 Å². The Kier molecular flexibility index (Phi) is 9.40. The standard InChI is InChI=1S/C24H33NO3/c1-4-5-6-7-8-16-27-23-11-9-10-21(17-23)25-24(26)20-12-14-22(15-13-20)28-18-19(2)3/h9-15,17,19H,4-8,16,18H2,1-3H3,(H,25,26). The highest BCUT2D eigenvalue weighted by molar-refractivity contribution is 6.04. The lowest BCUT2D eigenvalue weighted by molar-refractivity contribution is 0.102. The minimum atomic E-state index is -0.146. The van der Waals surface area contributed by atoms with Crippen LogP contribution in [0.5, 0.6) is 11.5 Å². The van der Waals surface area contributed by atoms with Gasteiger partial charge >= 0.3 is 0 Å². The molecule has 0 aliphatic carbocycles. The summed E-state index contributed by atoms with van der Waals surface area (Å²) in [5.41, 5.74) is 1.33. The second kappa shape index (κ2) is 12.1. The number of carbonyl (C=O) groups excluding carboxylic acids is 1. The molecule has 0 fully saturated rings. The fourth-order valence-corrected chi connectivity index (χ4v) is 2.73. The van der Waals surface area contributed by atoms with E-state index >= 15 is 0 Å². The molecule has 2 rings (SSSR count). The Morgan fingerprint density at radius 2 is 1.68 bits per heavy atom. The first-order valence-electron chi connectivity index (χ1n) is 10.4. The van der Waals surface area contributed by atoms with Crippen LogP contribution in [0.4, 0.5) is 5.69 Å². The van der Waals surface area contributed by atoms with Gasteiger partial charge in [0.05, 0.1) is 13.2 Å². The Hall–Kier alpha value is -2.49. The molecule has 0 atom stereocenters. The normalized spacial score (nSPS) is 10.7. The van der Waals surface area contributed by atoms with Crippen LogP contribution >= 0.6 is 0 Å². The molecule has 4 heteroatoms. The molecular weight excluding hydrogens is 350 g/mol. The molecule has 0 aliphatic heterocycles. The number of nitrogens with one attached hydrogen (secondary N) is 1. The van der Waals surface area contributed by atoms with Gasteiger partial charge in [-0.25, -0.2) is 0 Å². The van der Waals surface area contributed by atoms with Gasteiger partial charge in [-0.05, 0) is 48.7 Å². The molecular formula is C24H33NO3. The third-order valence-electron chi connectivity index (χ3n) is 4.31. The van der Waals surface area contributed by atoms with Gasteiger partial charge in [0.1, 0.15) is 11.5 Å². The van der Waals surface area contributed by atoms with Crippen molar-refractivity contribution in [2.45, 2.75) is 52.9 Å². The Balaban J connectivity index is 1.83. The second-order valence-corrected chi connectivity index (χ2v) is 7.47. The SMILES string of the molecule is CCCCCCCOc1cccc(NC(=O)c2ccc(OCC(C)C)cc2)c1. The van der Waals surface area contributed by atoms with Crippen molar-refractivity contribution in [3.8, 4) is 11.5 Å². The van der Waals surface area contributed by atoms with Gasteiger partial charge in [-0.2, -0.15) is 0 Å². The average Bonchev–Trinajstić information content (AvgIpc) is 2.69. The lowest BCUT2D eigenvalue weighted by Crippen LogP contribution is -2.12. The highest BCUT2D eigenvalue weighted by Gasteiger charge is 2.07. The molecule has 0 unspecified atom stereocenters. The smallest absolute Gasteiger partial charge is 0.255 e. The van der Waals surface area contributed by atoms with E-state index in [-0.39, 0.29) is 5.91 Å². The van der Waals surface area contributed by atoms with Crippen molar-refractivity contribution < 1.29 is 14.3 Å². The Morgan fingerprint density at radius 1 is 0.929 bits per heavy atom. The maximum Gasteiger partial charge on any atom is 0.255 e. The maximum atomic E-state index is 12.5. The molecule has 2 aromatic rings. The van der Waals surface area contributed by atoms with Crippen LogP contribution in [-0.4, -0.2) is 19.1 Å². The van der Waals surface area contributed by atoms with E-state index < -0.39 is 0 Å². The van der Waals surface area contributed by atoms with Crippen molar-refractivity contribution in [1.82, 2.24) is 0 Å². The molecule has 152 valence electrons. The van der Waals surface area contributed by atoms with E-state index in [0.29, 0.717) is 24.7 Å². The van der Waals surface area contributed by atoms with Crippen LogP contribution in [0.1, 0.15) is 63.2 Å². The van der Waals surface area contributed by atoms with Crippen molar-refractivity contribution in [2.75, 3.05) is 18.5 Å². The van der Waals surface area contributed by atoms with E-state index in [0.717, 1.165) is 23.6 Å². The molecule has 0 bridgehead atoms. The van der Waals surface area contributed by atoms with Gasteiger partial charge < -0.3 is 14.8 Å². The Labute approximate surface area is 169 Å². The second-order valence-electron chi connectivity index (χ2n) is 7.47. The van der Waals surface area contributed by atoms with E-state index in [4.69, 9.17) is 9.47 Å². The zero-order valence-electron chi connectivity index (χ0n) is 17.4. The summed E-state index contributed by atoms with van der Waals surface area (Å²) in [7, 11) is 0. The number of unbranched alkanes of at least 4 members (excludes halogenated alkanes) is 4. The van der Waals surface area contributed by atoms with Gasteiger partial charge in [-0.1, -0.05) is 52.5 Å². The number of hydrogen-bond donors (Lipinski definition) is 1. The summed E-state index contributed by atoms with van der Waals surface area (Å²) in [6.45, 7) is 7.79. The third kappa shape index (κ3) is 8.03. The van der Waals surface area contributed by atoms with Crippen LogP contribution in [-0.2, 0) is 0 Å². The molecule has 28 heavy (non-hydrogen) atoms. The van der Waals surface area contributed by atoms with Gasteiger partial charge in [0.15, 0.2) is 0 Å². The van der Waals surface area contributed by atoms with E-state index in [1.54, 1.807) is 12.1 Å². The van der Waals surface area contributed by atoms with Gasteiger partial charge in [0.25, 0.3) is 5.91 Å². The predicted octanol–water partition coefficient (Wildman–Crippen LogP) is 6.32. The quantitative estimate of drug-likeness (QED) is 0.436. The minimum absolute atomic E-state index is 0.146. The van der Waals surface area contributed by atoms with E-state index in [9.17, 15) is 4.79 Å². The zero-order chi connectivity index (χ0) is 20.2. The molecule has 4 nitrogen and oxygen atoms in total. The summed E-state index contributed by atoms with van der Waals surface area (Å²) < 4.78 is 11.5. The molecule has 0 heterocycles. The van der Waals surface area contributed by atoms with Crippen LogP contribution < -0.4 is 14.8 Å². The first-order valence-corrected chi connectivity index (χ1v) is 10.4. The van der Waals surface area contributed by atoms with Crippen LogP contribution in [0.2, 0.25) is 0 Å². The number of anilines is 1. The van der Waals surface area contributed by atoms with Crippen LogP contribution in [0.25, 0.3) is 0 Å². The number of rotatable bonds is 12. The van der Waals surface area contributed by atoms with E-state index in [1.165, 1.54) is 25.7 Å². The van der Waals surface area contributed by atoms with Gasteiger partial charge in [0, 0.05) is 17.3 Å². The van der Waals surface area contributed by atoms with E-state index in [1.807, 2.05) is 36.4 Å². The summed E-state index contributed by atoms with van der Waals surface area (Å²) in [6.07, 6.45) is 6.04. The highest BCUT2D eigenvalue weighted by Crippen LogP contribution is 2.20. The van der Waals surface area contributed by atoms with Gasteiger partial charge in [-0.3, -0.25) is 4.79 Å². The summed E-state index contributed by atoms with van der Waals surface area (Å²) >= 11 is 0. The van der Waals surface area contributed by atoms with Gasteiger partial charge in [-0.15, -0.1) is 0 Å². The lowest BCUT2D eigenvalue weighted by atomic mass is 10.2. The molecule has 0 radical (unpaired) electrons. The molecule has 0 aromatic heterocycles. The largest absolute Gasteiger partial charge is 0.494 e. The number of benzene rings is 2. The van der Waals surface area contributed by atoms with Crippen LogP contribution in [0.15, 0.2) is 48.5 Å².